The summed E-state index contributed by atoms with van der Waals surface area (Å²) in [5, 5.41) is 2.68. The monoisotopic (exact) mass is 299 g/mol. The summed E-state index contributed by atoms with van der Waals surface area (Å²) in [7, 11) is -4.64. The molecule has 0 atom stereocenters. The molecule has 0 saturated heterocycles. The van der Waals surface area contributed by atoms with Crippen LogP contribution in [0.1, 0.15) is 26.7 Å². The molecule has 0 fully saturated rings. The lowest BCUT2D eigenvalue weighted by Gasteiger charge is -2.20. The lowest BCUT2D eigenvalue weighted by Crippen LogP contribution is -2.37. The Kier molecular flexibility index (Phi) is 10.8. The molecule has 0 saturated carbocycles. The van der Waals surface area contributed by atoms with E-state index in [-0.39, 0.29) is 6.04 Å². The molecular weight excluding hydrogens is 281 g/mol. The SMILES string of the molecule is CC(C)NC(CC(F)F)CC(F)F.O=P(O)(O)O. The van der Waals surface area contributed by atoms with Crippen LogP contribution in [0.2, 0.25) is 0 Å². The van der Waals surface area contributed by atoms with E-state index in [1.807, 2.05) is 0 Å². The molecule has 4 N–H and O–H groups in total. The third kappa shape index (κ3) is 24.8. The molecule has 0 radical (unpaired) electrons. The normalized spacial score (nSPS) is 12.3. The maximum absolute atomic E-state index is 11.9. The van der Waals surface area contributed by atoms with E-state index in [4.69, 9.17) is 19.2 Å². The van der Waals surface area contributed by atoms with Crippen molar-refractivity contribution in [3.63, 3.8) is 0 Å². The molecule has 18 heavy (non-hydrogen) atoms. The van der Waals surface area contributed by atoms with Gasteiger partial charge in [0, 0.05) is 24.9 Å². The summed E-state index contributed by atoms with van der Waals surface area (Å²) >= 11 is 0. The van der Waals surface area contributed by atoms with Gasteiger partial charge in [0.1, 0.15) is 0 Å². The Hall–Kier alpha value is -0.210. The van der Waals surface area contributed by atoms with Gasteiger partial charge in [0.2, 0.25) is 12.9 Å². The summed E-state index contributed by atoms with van der Waals surface area (Å²) < 4.78 is 56.5. The van der Waals surface area contributed by atoms with Crippen LogP contribution in [-0.4, -0.2) is 39.6 Å². The second-order valence-corrected chi connectivity index (χ2v) is 4.81. The summed E-state index contributed by atoms with van der Waals surface area (Å²) in [6, 6.07) is -0.845. The van der Waals surface area contributed by atoms with E-state index in [0.29, 0.717) is 0 Å². The van der Waals surface area contributed by atoms with Crippen molar-refractivity contribution in [2.75, 3.05) is 0 Å². The first-order valence-corrected chi connectivity index (χ1v) is 6.59. The van der Waals surface area contributed by atoms with Gasteiger partial charge in [-0.1, -0.05) is 13.8 Å². The molecule has 10 heteroatoms. The van der Waals surface area contributed by atoms with Gasteiger partial charge in [0.05, 0.1) is 0 Å². The van der Waals surface area contributed by atoms with E-state index in [9.17, 15) is 17.6 Å². The second-order valence-electron chi connectivity index (χ2n) is 3.79. The summed E-state index contributed by atoms with van der Waals surface area (Å²) in [6.45, 7) is 3.48. The van der Waals surface area contributed by atoms with Crippen LogP contribution in [0.4, 0.5) is 17.6 Å². The van der Waals surface area contributed by atoms with Crippen LogP contribution in [0.5, 0.6) is 0 Å². The largest absolute Gasteiger partial charge is 0.466 e. The Morgan fingerprint density at radius 3 is 1.44 bits per heavy atom. The van der Waals surface area contributed by atoms with Crippen LogP contribution in [0.25, 0.3) is 0 Å². The number of halogens is 4. The minimum atomic E-state index is -4.64. The Labute approximate surface area is 102 Å². The Morgan fingerprint density at radius 2 is 1.28 bits per heavy atom. The molecular formula is C8H18F4NO4P. The molecule has 0 unspecified atom stereocenters. The van der Waals surface area contributed by atoms with Crippen molar-refractivity contribution in [2.45, 2.75) is 51.6 Å². The first-order chi connectivity index (χ1) is 7.91. The molecule has 0 amide bonds. The van der Waals surface area contributed by atoms with Gasteiger partial charge in [-0.25, -0.2) is 22.1 Å². The number of hydrogen-bond acceptors (Lipinski definition) is 2. The number of rotatable bonds is 6. The first-order valence-electron chi connectivity index (χ1n) is 5.02. The Morgan fingerprint density at radius 1 is 1.00 bits per heavy atom. The highest BCUT2D eigenvalue weighted by Crippen LogP contribution is 2.25. The zero-order valence-corrected chi connectivity index (χ0v) is 10.8. The molecule has 112 valence electrons. The number of phosphoric acid groups is 1. The highest BCUT2D eigenvalue weighted by atomic mass is 31.2. The van der Waals surface area contributed by atoms with Gasteiger partial charge in [-0.15, -0.1) is 0 Å². The molecule has 0 spiro atoms. The number of nitrogens with one attached hydrogen (secondary N) is 1. The standard InChI is InChI=1S/C8H15F4N.H3O4P/c1-5(2)13-6(3-7(9)10)4-8(11)12;1-5(2,3)4/h5-8,13H,3-4H2,1-2H3;(H3,1,2,3,4). The smallest absolute Gasteiger partial charge is 0.311 e. The Bertz CT molecular complexity index is 217. The van der Waals surface area contributed by atoms with Crippen molar-refractivity contribution < 1.29 is 36.8 Å². The third-order valence-corrected chi connectivity index (χ3v) is 1.49. The van der Waals surface area contributed by atoms with Gasteiger partial charge in [0.25, 0.3) is 0 Å². The quantitative estimate of drug-likeness (QED) is 0.443. The molecule has 0 heterocycles. The third-order valence-electron chi connectivity index (χ3n) is 1.49. The highest BCUT2D eigenvalue weighted by Gasteiger charge is 2.19. The summed E-state index contributed by atoms with van der Waals surface area (Å²) in [5.74, 6) is 0. The van der Waals surface area contributed by atoms with E-state index in [0.717, 1.165) is 0 Å². The molecule has 0 rings (SSSR count). The van der Waals surface area contributed by atoms with Crippen LogP contribution < -0.4 is 5.32 Å². The maximum atomic E-state index is 11.9. The van der Waals surface area contributed by atoms with E-state index in [1.54, 1.807) is 13.8 Å². The van der Waals surface area contributed by atoms with Crippen molar-refractivity contribution in [3.8, 4) is 0 Å². The van der Waals surface area contributed by atoms with Crippen LogP contribution in [0.3, 0.4) is 0 Å². The predicted octanol–water partition coefficient (Wildman–Crippen LogP) is 1.73. The zero-order valence-electron chi connectivity index (χ0n) is 9.93. The lowest BCUT2D eigenvalue weighted by molar-refractivity contribution is 0.0829. The topological polar surface area (TPSA) is 89.8 Å². The fourth-order valence-electron chi connectivity index (χ4n) is 1.13. The highest BCUT2D eigenvalue weighted by molar-refractivity contribution is 7.45. The van der Waals surface area contributed by atoms with Crippen molar-refractivity contribution in [2.24, 2.45) is 0 Å². The fraction of sp³-hybridized carbons (Fsp3) is 1.00. The average molecular weight is 299 g/mol. The van der Waals surface area contributed by atoms with Crippen LogP contribution in [0.15, 0.2) is 0 Å². The predicted molar refractivity (Wildman–Crippen MR) is 57.6 cm³/mol. The molecule has 0 bridgehead atoms. The van der Waals surface area contributed by atoms with Crippen LogP contribution >= 0.6 is 7.82 Å². The van der Waals surface area contributed by atoms with E-state index in [1.165, 1.54) is 0 Å². The maximum Gasteiger partial charge on any atom is 0.466 e. The minimum absolute atomic E-state index is 0.0532. The van der Waals surface area contributed by atoms with Gasteiger partial charge in [0.15, 0.2) is 0 Å². The van der Waals surface area contributed by atoms with E-state index in [2.05, 4.69) is 5.32 Å². The summed E-state index contributed by atoms with van der Waals surface area (Å²) in [6.07, 6.45) is -6.09. The molecule has 0 aliphatic heterocycles. The van der Waals surface area contributed by atoms with Crippen molar-refractivity contribution in [1.82, 2.24) is 5.32 Å². The van der Waals surface area contributed by atoms with Gasteiger partial charge < -0.3 is 20.0 Å². The number of alkyl halides is 4. The van der Waals surface area contributed by atoms with Gasteiger partial charge in [-0.05, 0) is 0 Å². The van der Waals surface area contributed by atoms with Crippen molar-refractivity contribution >= 4 is 7.82 Å². The molecule has 0 aliphatic carbocycles. The minimum Gasteiger partial charge on any atom is -0.311 e. The molecule has 0 aromatic rings. The van der Waals surface area contributed by atoms with Crippen molar-refractivity contribution in [1.29, 1.82) is 0 Å². The van der Waals surface area contributed by atoms with Crippen molar-refractivity contribution in [3.05, 3.63) is 0 Å². The second kappa shape index (κ2) is 9.69. The Balaban J connectivity index is 0. The zero-order chi connectivity index (χ0) is 14.9. The van der Waals surface area contributed by atoms with Gasteiger partial charge in [-0.3, -0.25) is 0 Å². The summed E-state index contributed by atoms with van der Waals surface area (Å²) in [4.78, 5) is 21.6. The van der Waals surface area contributed by atoms with E-state index >= 15 is 0 Å². The first kappa shape index (κ1) is 20.1. The molecule has 5 nitrogen and oxygen atoms in total. The van der Waals surface area contributed by atoms with Crippen LogP contribution in [-0.2, 0) is 4.57 Å². The fourth-order valence-corrected chi connectivity index (χ4v) is 1.13. The van der Waals surface area contributed by atoms with Crippen LogP contribution in [0, 0.1) is 0 Å². The lowest BCUT2D eigenvalue weighted by atomic mass is 10.1. The average Bonchev–Trinajstić information content (AvgIpc) is 1.94. The van der Waals surface area contributed by atoms with E-state index < -0.39 is 39.6 Å². The van der Waals surface area contributed by atoms with Gasteiger partial charge in [-0.2, -0.15) is 0 Å². The van der Waals surface area contributed by atoms with Gasteiger partial charge >= 0.3 is 7.82 Å². The summed E-state index contributed by atoms with van der Waals surface area (Å²) in [5.41, 5.74) is 0. The molecule has 0 aliphatic rings. The molecule has 0 aromatic heterocycles. The number of hydrogen-bond donors (Lipinski definition) is 4. The molecule has 0 aromatic carbocycles.